The van der Waals surface area contributed by atoms with E-state index in [1.807, 2.05) is 0 Å². The number of hydrogen-bond donors (Lipinski definition) is 2. The van der Waals surface area contributed by atoms with Crippen molar-refractivity contribution in [3.05, 3.63) is 10.6 Å². The molecule has 6 nitrogen and oxygen atoms in total. The van der Waals surface area contributed by atoms with E-state index in [9.17, 15) is 9.59 Å². The van der Waals surface area contributed by atoms with Crippen LogP contribution in [0, 0.1) is 10.8 Å². The van der Waals surface area contributed by atoms with E-state index in [2.05, 4.69) is 29.5 Å². The Bertz CT molecular complexity index is 642. The summed E-state index contributed by atoms with van der Waals surface area (Å²) in [5, 5.41) is 6.76. The molecule has 0 aromatic carbocycles. The van der Waals surface area contributed by atoms with Crippen molar-refractivity contribution in [3.8, 4) is 0 Å². The average Bonchev–Trinajstić information content (AvgIpc) is 2.89. The third kappa shape index (κ3) is 3.38. The summed E-state index contributed by atoms with van der Waals surface area (Å²) in [4.78, 5) is 30.4. The number of methoxy groups -OCH3 is 1. The average molecular weight is 351 g/mol. The third-order valence-electron chi connectivity index (χ3n) is 4.92. The van der Waals surface area contributed by atoms with Gasteiger partial charge in [-0.15, -0.1) is 0 Å². The molecule has 0 radical (unpaired) electrons. The highest BCUT2D eigenvalue weighted by molar-refractivity contribution is 7.17. The predicted octanol–water partition coefficient (Wildman–Crippen LogP) is 2.25. The number of rotatable bonds is 4. The maximum absolute atomic E-state index is 12.9. The molecule has 2 N–H and O–H groups in total. The zero-order valence-corrected chi connectivity index (χ0v) is 15.3. The predicted molar refractivity (Wildman–Crippen MR) is 93.6 cm³/mol. The molecule has 7 heteroatoms. The van der Waals surface area contributed by atoms with Crippen molar-refractivity contribution in [2.45, 2.75) is 39.5 Å². The van der Waals surface area contributed by atoms with Gasteiger partial charge in [0.05, 0.1) is 22.6 Å². The van der Waals surface area contributed by atoms with Crippen molar-refractivity contribution in [1.29, 1.82) is 0 Å². The van der Waals surface area contributed by atoms with Crippen LogP contribution in [0.25, 0.3) is 0 Å². The number of carbonyl (C=O) groups excluding carboxylic acids is 2. The Kier molecular flexibility index (Phi) is 4.77. The smallest absolute Gasteiger partial charge is 0.234 e. The van der Waals surface area contributed by atoms with Crippen LogP contribution in [0.4, 0.5) is 5.13 Å². The molecule has 2 heterocycles. The van der Waals surface area contributed by atoms with Crippen molar-refractivity contribution in [2.75, 3.05) is 32.1 Å². The number of ketones is 1. The summed E-state index contributed by atoms with van der Waals surface area (Å²) >= 11 is 1.30. The standard InChI is InChI=1S/C17H25N3O3S/c1-16(2)8-11-13(12(21)9-16)24-15(19-11)20-14(22)17(10-23-3)4-6-18-7-5-17/h18H,4-10H2,1-3H3,(H,19,20,22). The van der Waals surface area contributed by atoms with Gasteiger partial charge in [0, 0.05) is 13.5 Å². The van der Waals surface area contributed by atoms with E-state index in [0.29, 0.717) is 23.0 Å². The van der Waals surface area contributed by atoms with Gasteiger partial charge in [-0.3, -0.25) is 9.59 Å². The maximum atomic E-state index is 12.9. The Balaban J connectivity index is 1.79. The van der Waals surface area contributed by atoms with Crippen molar-refractivity contribution in [1.82, 2.24) is 10.3 Å². The number of aromatic nitrogens is 1. The number of amides is 1. The molecule has 1 amide bonds. The highest BCUT2D eigenvalue weighted by Crippen LogP contribution is 2.39. The third-order valence-corrected chi connectivity index (χ3v) is 5.97. The Hall–Kier alpha value is -1.31. The number of piperidine rings is 1. The lowest BCUT2D eigenvalue weighted by Crippen LogP contribution is -2.47. The monoisotopic (exact) mass is 351 g/mol. The molecule has 1 fully saturated rings. The van der Waals surface area contributed by atoms with Gasteiger partial charge in [0.1, 0.15) is 0 Å². The fourth-order valence-corrected chi connectivity index (χ4v) is 4.54. The van der Waals surface area contributed by atoms with Gasteiger partial charge in [-0.05, 0) is 37.8 Å². The number of Topliss-reactive ketones (excluding diaryl/α,β-unsaturated/α-hetero) is 1. The zero-order chi connectivity index (χ0) is 17.4. The summed E-state index contributed by atoms with van der Waals surface area (Å²) in [6.07, 6.45) is 2.79. The summed E-state index contributed by atoms with van der Waals surface area (Å²) in [6, 6.07) is 0. The first-order valence-corrected chi connectivity index (χ1v) is 9.21. The molecule has 1 aromatic rings. The molecule has 0 unspecified atom stereocenters. The summed E-state index contributed by atoms with van der Waals surface area (Å²) in [6.45, 7) is 6.16. The molecule has 3 rings (SSSR count). The van der Waals surface area contributed by atoms with Crippen LogP contribution in [0.3, 0.4) is 0 Å². The van der Waals surface area contributed by atoms with Crippen molar-refractivity contribution < 1.29 is 14.3 Å². The molecule has 1 aromatic heterocycles. The maximum Gasteiger partial charge on any atom is 0.234 e. The second kappa shape index (κ2) is 6.54. The number of hydrogen-bond acceptors (Lipinski definition) is 6. The first-order chi connectivity index (χ1) is 11.4. The Morgan fingerprint density at radius 2 is 2.04 bits per heavy atom. The van der Waals surface area contributed by atoms with Crippen LogP contribution in [0.1, 0.15) is 48.5 Å². The van der Waals surface area contributed by atoms with Gasteiger partial charge in [0.2, 0.25) is 5.91 Å². The van der Waals surface area contributed by atoms with Crippen molar-refractivity contribution >= 4 is 28.2 Å². The van der Waals surface area contributed by atoms with Crippen LogP contribution in [0.2, 0.25) is 0 Å². The second-order valence-corrected chi connectivity index (χ2v) is 8.65. The summed E-state index contributed by atoms with van der Waals surface area (Å²) < 4.78 is 5.31. The van der Waals surface area contributed by atoms with Gasteiger partial charge in [-0.1, -0.05) is 25.2 Å². The largest absolute Gasteiger partial charge is 0.384 e. The highest BCUT2D eigenvalue weighted by atomic mass is 32.1. The number of ether oxygens (including phenoxy) is 1. The first kappa shape index (κ1) is 17.5. The molecule has 0 spiro atoms. The summed E-state index contributed by atoms with van der Waals surface area (Å²) in [5.41, 5.74) is 0.240. The molecule has 2 aliphatic rings. The van der Waals surface area contributed by atoms with E-state index < -0.39 is 5.41 Å². The van der Waals surface area contributed by atoms with Crippen LogP contribution in [-0.4, -0.2) is 43.5 Å². The lowest BCUT2D eigenvalue weighted by atomic mass is 9.78. The van der Waals surface area contributed by atoms with E-state index >= 15 is 0 Å². The fraction of sp³-hybridized carbons (Fsp3) is 0.706. The molecule has 1 aliphatic carbocycles. The van der Waals surface area contributed by atoms with Crippen LogP contribution in [-0.2, 0) is 16.0 Å². The van der Waals surface area contributed by atoms with Gasteiger partial charge in [0.25, 0.3) is 0 Å². The minimum absolute atomic E-state index is 0.0522. The van der Waals surface area contributed by atoms with Crippen molar-refractivity contribution in [3.63, 3.8) is 0 Å². The zero-order valence-electron chi connectivity index (χ0n) is 14.5. The van der Waals surface area contributed by atoms with E-state index in [1.54, 1.807) is 7.11 Å². The Morgan fingerprint density at radius 1 is 1.33 bits per heavy atom. The number of carbonyl (C=O) groups is 2. The quantitative estimate of drug-likeness (QED) is 0.870. The van der Waals surface area contributed by atoms with Crippen LogP contribution in [0.5, 0.6) is 0 Å². The Labute approximate surface area is 146 Å². The molecule has 0 saturated carbocycles. The van der Waals surface area contributed by atoms with E-state index in [1.165, 1.54) is 11.3 Å². The first-order valence-electron chi connectivity index (χ1n) is 8.39. The number of thiazole rings is 1. The molecule has 0 bridgehead atoms. The van der Waals surface area contributed by atoms with Crippen LogP contribution < -0.4 is 10.6 Å². The molecule has 1 aliphatic heterocycles. The van der Waals surface area contributed by atoms with E-state index in [4.69, 9.17) is 4.74 Å². The molecular formula is C17H25N3O3S. The van der Waals surface area contributed by atoms with Gasteiger partial charge < -0.3 is 15.4 Å². The molecule has 1 saturated heterocycles. The van der Waals surface area contributed by atoms with Crippen molar-refractivity contribution in [2.24, 2.45) is 10.8 Å². The van der Waals surface area contributed by atoms with E-state index in [-0.39, 0.29) is 17.1 Å². The number of nitrogens with zero attached hydrogens (tertiary/aromatic N) is 1. The SMILES string of the molecule is COCC1(C(=O)Nc2nc3c(s2)C(=O)CC(C)(C)C3)CCNCC1. The molecule has 24 heavy (non-hydrogen) atoms. The number of fused-ring (bicyclic) bond motifs is 1. The van der Waals surface area contributed by atoms with E-state index in [0.717, 1.165) is 38.0 Å². The number of nitrogens with one attached hydrogen (secondary N) is 2. The lowest BCUT2D eigenvalue weighted by Gasteiger charge is -2.35. The van der Waals surface area contributed by atoms with Gasteiger partial charge in [-0.2, -0.15) is 0 Å². The normalized spacial score (nSPS) is 22.0. The Morgan fingerprint density at radius 3 is 2.71 bits per heavy atom. The van der Waals surface area contributed by atoms with Gasteiger partial charge in [0.15, 0.2) is 10.9 Å². The molecule has 132 valence electrons. The fourth-order valence-electron chi connectivity index (χ4n) is 3.62. The lowest BCUT2D eigenvalue weighted by molar-refractivity contribution is -0.130. The summed E-state index contributed by atoms with van der Waals surface area (Å²) in [7, 11) is 1.62. The minimum atomic E-state index is -0.518. The topological polar surface area (TPSA) is 80.3 Å². The number of anilines is 1. The molecule has 0 atom stereocenters. The van der Waals surface area contributed by atoms with Gasteiger partial charge in [-0.25, -0.2) is 4.98 Å². The van der Waals surface area contributed by atoms with Crippen LogP contribution in [0.15, 0.2) is 0 Å². The highest BCUT2D eigenvalue weighted by Gasteiger charge is 2.41. The second-order valence-electron chi connectivity index (χ2n) is 7.65. The minimum Gasteiger partial charge on any atom is -0.384 e. The van der Waals surface area contributed by atoms with Gasteiger partial charge >= 0.3 is 0 Å². The van der Waals surface area contributed by atoms with Crippen LogP contribution >= 0.6 is 11.3 Å². The molecular weight excluding hydrogens is 326 g/mol. The summed E-state index contributed by atoms with van der Waals surface area (Å²) in [5.74, 6) is 0.0800.